The third-order valence-electron chi connectivity index (χ3n) is 1.39. The molecule has 0 fully saturated rings. The molecule has 0 rings (SSSR count). The van der Waals surface area contributed by atoms with Crippen molar-refractivity contribution in [3.63, 3.8) is 0 Å². The minimum absolute atomic E-state index is 0.0211. The summed E-state index contributed by atoms with van der Waals surface area (Å²) in [6, 6.07) is 0.209. The lowest BCUT2D eigenvalue weighted by molar-refractivity contribution is -0.119. The quantitative estimate of drug-likeness (QED) is 0.596. The molecule has 0 aromatic heterocycles. The fourth-order valence-corrected chi connectivity index (χ4v) is 1.20. The van der Waals surface area contributed by atoms with Gasteiger partial charge in [-0.2, -0.15) is 12.6 Å². The van der Waals surface area contributed by atoms with Gasteiger partial charge in [0.2, 0.25) is 5.91 Å². The van der Waals surface area contributed by atoms with E-state index in [9.17, 15) is 4.79 Å². The largest absolute Gasteiger partial charge is 0.353 e. The lowest BCUT2D eigenvalue weighted by atomic mass is 10.1. The standard InChI is InChI=1S/C7H15NOS/c1-5(2)7(4-10)8-6(3)9/h5,7,10H,4H2,1-3H3,(H,8,9)/t7-/m0/s1. The average Bonchev–Trinajstić information content (AvgIpc) is 1.81. The number of carbonyl (C=O) groups is 1. The highest BCUT2D eigenvalue weighted by atomic mass is 32.1. The Kier molecular flexibility index (Phi) is 4.52. The van der Waals surface area contributed by atoms with Crippen LogP contribution in [0.25, 0.3) is 0 Å². The molecule has 0 aromatic carbocycles. The van der Waals surface area contributed by atoms with Gasteiger partial charge in [0.25, 0.3) is 0 Å². The van der Waals surface area contributed by atoms with Crippen LogP contribution in [0.2, 0.25) is 0 Å². The van der Waals surface area contributed by atoms with Crippen LogP contribution in [0.4, 0.5) is 0 Å². The van der Waals surface area contributed by atoms with Crippen LogP contribution in [0.3, 0.4) is 0 Å². The zero-order valence-corrected chi connectivity index (χ0v) is 7.61. The minimum Gasteiger partial charge on any atom is -0.353 e. The number of hydrogen-bond acceptors (Lipinski definition) is 2. The van der Waals surface area contributed by atoms with E-state index in [4.69, 9.17) is 0 Å². The lowest BCUT2D eigenvalue weighted by Gasteiger charge is -2.18. The van der Waals surface area contributed by atoms with Crippen LogP contribution in [0.1, 0.15) is 20.8 Å². The summed E-state index contributed by atoms with van der Waals surface area (Å²) in [7, 11) is 0. The molecule has 0 heterocycles. The van der Waals surface area contributed by atoms with E-state index in [0.717, 1.165) is 0 Å². The van der Waals surface area contributed by atoms with Crippen LogP contribution in [-0.4, -0.2) is 17.7 Å². The molecule has 0 aliphatic rings. The van der Waals surface area contributed by atoms with Crippen LogP contribution in [0.5, 0.6) is 0 Å². The second kappa shape index (κ2) is 4.61. The molecule has 0 unspecified atom stereocenters. The van der Waals surface area contributed by atoms with E-state index in [-0.39, 0.29) is 11.9 Å². The van der Waals surface area contributed by atoms with Gasteiger partial charge in [0, 0.05) is 18.7 Å². The topological polar surface area (TPSA) is 29.1 Å². The van der Waals surface area contributed by atoms with Crippen LogP contribution in [0.15, 0.2) is 0 Å². The summed E-state index contributed by atoms with van der Waals surface area (Å²) >= 11 is 4.11. The van der Waals surface area contributed by atoms with E-state index in [2.05, 4.69) is 31.8 Å². The fourth-order valence-electron chi connectivity index (χ4n) is 0.684. The first-order valence-corrected chi connectivity index (χ1v) is 4.09. The third kappa shape index (κ3) is 3.77. The van der Waals surface area contributed by atoms with Crippen LogP contribution in [-0.2, 0) is 4.79 Å². The van der Waals surface area contributed by atoms with Gasteiger partial charge in [0.05, 0.1) is 0 Å². The van der Waals surface area contributed by atoms with Gasteiger partial charge in [-0.1, -0.05) is 13.8 Å². The number of thiol groups is 1. The number of nitrogens with one attached hydrogen (secondary N) is 1. The third-order valence-corrected chi connectivity index (χ3v) is 1.78. The molecule has 10 heavy (non-hydrogen) atoms. The molecule has 60 valence electrons. The molecular weight excluding hydrogens is 146 g/mol. The maximum atomic E-state index is 10.6. The van der Waals surface area contributed by atoms with E-state index in [1.807, 2.05) is 0 Å². The van der Waals surface area contributed by atoms with Gasteiger partial charge in [-0.05, 0) is 5.92 Å². The predicted octanol–water partition coefficient (Wildman–Crippen LogP) is 1.08. The van der Waals surface area contributed by atoms with Crippen molar-refractivity contribution < 1.29 is 4.79 Å². The smallest absolute Gasteiger partial charge is 0.217 e. The van der Waals surface area contributed by atoms with Crippen molar-refractivity contribution in [3.8, 4) is 0 Å². The van der Waals surface area contributed by atoms with Crippen molar-refractivity contribution in [3.05, 3.63) is 0 Å². The number of carbonyl (C=O) groups excluding carboxylic acids is 1. The molecule has 0 saturated carbocycles. The van der Waals surface area contributed by atoms with Gasteiger partial charge < -0.3 is 5.32 Å². The Labute approximate surface area is 67.8 Å². The zero-order valence-electron chi connectivity index (χ0n) is 6.72. The first-order valence-electron chi connectivity index (χ1n) is 3.46. The summed E-state index contributed by atoms with van der Waals surface area (Å²) in [6.45, 7) is 5.66. The highest BCUT2D eigenvalue weighted by Crippen LogP contribution is 2.02. The molecule has 0 aromatic rings. The Hall–Kier alpha value is -0.180. The van der Waals surface area contributed by atoms with E-state index in [1.54, 1.807) is 0 Å². The Balaban J connectivity index is 3.71. The van der Waals surface area contributed by atoms with Gasteiger partial charge in [-0.25, -0.2) is 0 Å². The van der Waals surface area contributed by atoms with E-state index < -0.39 is 0 Å². The summed E-state index contributed by atoms with van der Waals surface area (Å²) in [4.78, 5) is 10.6. The first kappa shape index (κ1) is 9.82. The van der Waals surface area contributed by atoms with Crippen LogP contribution in [0, 0.1) is 5.92 Å². The molecule has 1 N–H and O–H groups in total. The monoisotopic (exact) mass is 161 g/mol. The Bertz CT molecular complexity index is 114. The molecule has 0 spiro atoms. The van der Waals surface area contributed by atoms with Crippen molar-refractivity contribution in [1.82, 2.24) is 5.32 Å². The summed E-state index contributed by atoms with van der Waals surface area (Å²) in [5.41, 5.74) is 0. The van der Waals surface area contributed by atoms with Crippen molar-refractivity contribution in [1.29, 1.82) is 0 Å². The van der Waals surface area contributed by atoms with E-state index in [0.29, 0.717) is 11.7 Å². The number of amides is 1. The highest BCUT2D eigenvalue weighted by Gasteiger charge is 2.10. The molecule has 0 aliphatic carbocycles. The van der Waals surface area contributed by atoms with Gasteiger partial charge in [0.15, 0.2) is 0 Å². The van der Waals surface area contributed by atoms with Crippen molar-refractivity contribution in [2.45, 2.75) is 26.8 Å². The Morgan fingerprint density at radius 2 is 2.10 bits per heavy atom. The number of hydrogen-bond donors (Lipinski definition) is 2. The number of rotatable bonds is 3. The zero-order chi connectivity index (χ0) is 8.15. The molecule has 2 nitrogen and oxygen atoms in total. The van der Waals surface area contributed by atoms with Gasteiger partial charge in [-0.15, -0.1) is 0 Å². The van der Waals surface area contributed by atoms with Gasteiger partial charge >= 0.3 is 0 Å². The first-order chi connectivity index (χ1) is 4.57. The van der Waals surface area contributed by atoms with Crippen molar-refractivity contribution in [2.75, 3.05) is 5.75 Å². The van der Waals surface area contributed by atoms with Gasteiger partial charge in [-0.3, -0.25) is 4.79 Å². The molecule has 0 saturated heterocycles. The Morgan fingerprint density at radius 1 is 1.60 bits per heavy atom. The van der Waals surface area contributed by atoms with Crippen molar-refractivity contribution >= 4 is 18.5 Å². The van der Waals surface area contributed by atoms with Gasteiger partial charge in [0.1, 0.15) is 0 Å². The molecule has 1 amide bonds. The summed E-state index contributed by atoms with van der Waals surface area (Å²) in [5, 5.41) is 2.81. The Morgan fingerprint density at radius 3 is 2.20 bits per heavy atom. The molecule has 3 heteroatoms. The summed E-state index contributed by atoms with van der Waals surface area (Å²) in [6.07, 6.45) is 0. The van der Waals surface area contributed by atoms with E-state index in [1.165, 1.54) is 6.92 Å². The molecule has 0 aliphatic heterocycles. The van der Waals surface area contributed by atoms with E-state index >= 15 is 0 Å². The van der Waals surface area contributed by atoms with Crippen molar-refractivity contribution in [2.24, 2.45) is 5.92 Å². The molecular formula is C7H15NOS. The second-order valence-corrected chi connectivity index (χ2v) is 3.10. The average molecular weight is 161 g/mol. The molecule has 0 bridgehead atoms. The normalized spacial score (nSPS) is 13.3. The SMILES string of the molecule is CC(=O)N[C@@H](CS)C(C)C. The fraction of sp³-hybridized carbons (Fsp3) is 0.857. The molecule has 0 radical (unpaired) electrons. The summed E-state index contributed by atoms with van der Waals surface area (Å²) in [5.74, 6) is 1.19. The lowest BCUT2D eigenvalue weighted by Crippen LogP contribution is -2.38. The summed E-state index contributed by atoms with van der Waals surface area (Å²) < 4.78 is 0. The minimum atomic E-state index is 0.0211. The van der Waals surface area contributed by atoms with Crippen LogP contribution < -0.4 is 5.32 Å². The maximum absolute atomic E-state index is 10.6. The highest BCUT2D eigenvalue weighted by molar-refractivity contribution is 7.80. The molecule has 1 atom stereocenters. The maximum Gasteiger partial charge on any atom is 0.217 e. The predicted molar refractivity (Wildman–Crippen MR) is 46.3 cm³/mol. The second-order valence-electron chi connectivity index (χ2n) is 2.73. The van der Waals surface area contributed by atoms with Crippen LogP contribution >= 0.6 is 12.6 Å².